The van der Waals surface area contributed by atoms with Gasteiger partial charge < -0.3 is 10.2 Å². The van der Waals surface area contributed by atoms with E-state index in [2.05, 4.69) is 23.4 Å². The highest BCUT2D eigenvalue weighted by Gasteiger charge is 2.29. The predicted octanol–water partition coefficient (Wildman–Crippen LogP) is 3.46. The molecule has 1 fully saturated rings. The lowest BCUT2D eigenvalue weighted by Gasteiger charge is -2.32. The fourth-order valence-electron chi connectivity index (χ4n) is 3.79. The molecule has 0 radical (unpaired) electrons. The predicted molar refractivity (Wildman–Crippen MR) is 114 cm³/mol. The fourth-order valence-corrected chi connectivity index (χ4v) is 3.92. The Labute approximate surface area is 177 Å². The van der Waals surface area contributed by atoms with Crippen molar-refractivity contribution in [2.75, 3.05) is 19.6 Å². The number of hydrogen-bond acceptors (Lipinski definition) is 3. The van der Waals surface area contributed by atoms with Crippen molar-refractivity contribution in [2.45, 2.75) is 40.2 Å². The van der Waals surface area contributed by atoms with Crippen LogP contribution in [0, 0.1) is 25.7 Å². The van der Waals surface area contributed by atoms with Gasteiger partial charge in [-0.15, -0.1) is 0 Å². The van der Waals surface area contributed by atoms with Gasteiger partial charge in [0.25, 0.3) is 5.91 Å². The minimum atomic E-state index is -0.166. The van der Waals surface area contributed by atoms with Crippen molar-refractivity contribution >= 4 is 23.4 Å². The van der Waals surface area contributed by atoms with Crippen LogP contribution < -0.4 is 5.32 Å². The molecule has 1 aliphatic heterocycles. The first-order valence-corrected chi connectivity index (χ1v) is 10.5. The molecule has 0 spiro atoms. The van der Waals surface area contributed by atoms with Gasteiger partial charge in [0.15, 0.2) is 0 Å². The average Bonchev–Trinajstić information content (AvgIpc) is 3.03. The summed E-state index contributed by atoms with van der Waals surface area (Å²) in [6, 6.07) is 8.95. The van der Waals surface area contributed by atoms with E-state index < -0.39 is 0 Å². The molecule has 0 aliphatic carbocycles. The molecule has 1 saturated heterocycles. The van der Waals surface area contributed by atoms with Crippen LogP contribution in [0.25, 0.3) is 0 Å². The molecule has 2 aromatic rings. The first-order chi connectivity index (χ1) is 13.8. The lowest BCUT2D eigenvalue weighted by molar-refractivity contribution is -0.126. The molecule has 1 N–H and O–H groups in total. The lowest BCUT2D eigenvalue weighted by Crippen LogP contribution is -2.46. The molecule has 2 amide bonds. The topological polar surface area (TPSA) is 67.2 Å². The Hall–Kier alpha value is -2.34. The molecular formula is C22H29ClN4O2. The second-order valence-corrected chi connectivity index (χ2v) is 8.49. The molecule has 3 rings (SSSR count). The Balaban J connectivity index is 1.50. The van der Waals surface area contributed by atoms with E-state index in [1.807, 2.05) is 18.5 Å². The molecule has 0 unspecified atom stereocenters. The largest absolute Gasteiger partial charge is 0.355 e. The van der Waals surface area contributed by atoms with Crippen molar-refractivity contribution < 1.29 is 9.59 Å². The van der Waals surface area contributed by atoms with Gasteiger partial charge in [-0.2, -0.15) is 5.10 Å². The zero-order chi connectivity index (χ0) is 21.0. The molecular weight excluding hydrogens is 388 g/mol. The normalized spacial score (nSPS) is 17.8. The number of benzene rings is 1. The van der Waals surface area contributed by atoms with Crippen molar-refractivity contribution in [3.8, 4) is 0 Å². The zero-order valence-corrected chi connectivity index (χ0v) is 18.1. The molecule has 29 heavy (non-hydrogen) atoms. The second kappa shape index (κ2) is 9.44. The number of aryl methyl sites for hydroxylation is 2. The third-order valence-electron chi connectivity index (χ3n) is 5.38. The molecule has 156 valence electrons. The number of likely N-dealkylation sites (tertiary alicyclic amines) is 1. The number of nitrogens with one attached hydrogen (secondary N) is 1. The van der Waals surface area contributed by atoms with Crippen molar-refractivity contribution in [3.63, 3.8) is 0 Å². The highest BCUT2D eigenvalue weighted by molar-refractivity contribution is 6.30. The summed E-state index contributed by atoms with van der Waals surface area (Å²) in [6.07, 6.45) is 1.64. The van der Waals surface area contributed by atoms with Gasteiger partial charge >= 0.3 is 0 Å². The van der Waals surface area contributed by atoms with Crippen molar-refractivity contribution in [1.29, 1.82) is 0 Å². The molecule has 1 aromatic carbocycles. The lowest BCUT2D eigenvalue weighted by atomic mass is 9.96. The summed E-state index contributed by atoms with van der Waals surface area (Å²) in [5, 5.41) is 8.16. The van der Waals surface area contributed by atoms with Crippen LogP contribution in [0.5, 0.6) is 0 Å². The molecule has 2 atom stereocenters. The number of piperidine rings is 1. The maximum absolute atomic E-state index is 12.7. The van der Waals surface area contributed by atoms with E-state index in [-0.39, 0.29) is 23.7 Å². The molecule has 1 aliphatic rings. The minimum absolute atomic E-state index is 0.0267. The Bertz CT molecular complexity index is 862. The zero-order valence-electron chi connectivity index (χ0n) is 17.3. The standard InChI is InChI=1S/C22H29ClN4O2/c1-15(13-27-17(3)11-16(2)25-27)12-24-21(28)19-5-4-10-26(14-19)22(29)18-6-8-20(23)9-7-18/h6-9,11,15,19H,4-5,10,12-14H2,1-3H3,(H,24,28)/t15-,19+/m1/s1. The van der Waals surface area contributed by atoms with Crippen molar-refractivity contribution in [1.82, 2.24) is 20.0 Å². The van der Waals surface area contributed by atoms with Crippen LogP contribution in [-0.2, 0) is 11.3 Å². The van der Waals surface area contributed by atoms with Crippen LogP contribution >= 0.6 is 11.6 Å². The Morgan fingerprint density at radius 2 is 2.00 bits per heavy atom. The van der Waals surface area contributed by atoms with E-state index in [4.69, 9.17) is 11.6 Å². The van der Waals surface area contributed by atoms with Crippen LogP contribution in [0.4, 0.5) is 0 Å². The molecule has 1 aromatic heterocycles. The quantitative estimate of drug-likeness (QED) is 0.784. The fraction of sp³-hybridized carbons (Fsp3) is 0.500. The second-order valence-electron chi connectivity index (χ2n) is 8.06. The summed E-state index contributed by atoms with van der Waals surface area (Å²) in [7, 11) is 0. The summed E-state index contributed by atoms with van der Waals surface area (Å²) in [5.74, 6) is 0.0871. The number of rotatable bonds is 6. The number of nitrogens with zero attached hydrogens (tertiary/aromatic N) is 3. The van der Waals surface area contributed by atoms with E-state index >= 15 is 0 Å². The summed E-state index contributed by atoms with van der Waals surface area (Å²) in [6.45, 7) is 8.63. The van der Waals surface area contributed by atoms with E-state index in [0.29, 0.717) is 30.2 Å². The SMILES string of the molecule is Cc1cc(C)n(C[C@H](C)CNC(=O)[C@H]2CCCN(C(=O)c3ccc(Cl)cc3)C2)n1. The van der Waals surface area contributed by atoms with Crippen LogP contribution in [0.1, 0.15) is 41.5 Å². The number of halogens is 1. The number of hydrogen-bond donors (Lipinski definition) is 1. The summed E-state index contributed by atoms with van der Waals surface area (Å²) in [4.78, 5) is 27.2. The van der Waals surface area contributed by atoms with Gasteiger partial charge in [0.2, 0.25) is 5.91 Å². The molecule has 0 saturated carbocycles. The minimum Gasteiger partial charge on any atom is -0.355 e. The van der Waals surface area contributed by atoms with Crippen molar-refractivity contribution in [2.24, 2.45) is 11.8 Å². The first kappa shape index (κ1) is 21.4. The number of amides is 2. The van der Waals surface area contributed by atoms with Gasteiger partial charge in [-0.25, -0.2) is 0 Å². The average molecular weight is 417 g/mol. The Morgan fingerprint density at radius 1 is 1.28 bits per heavy atom. The van der Waals surface area contributed by atoms with E-state index in [0.717, 1.165) is 30.8 Å². The third-order valence-corrected chi connectivity index (χ3v) is 5.64. The summed E-state index contributed by atoms with van der Waals surface area (Å²) < 4.78 is 1.99. The van der Waals surface area contributed by atoms with Crippen LogP contribution in [0.2, 0.25) is 5.02 Å². The van der Waals surface area contributed by atoms with Gasteiger partial charge in [0, 0.05) is 42.5 Å². The summed E-state index contributed by atoms with van der Waals surface area (Å²) in [5.41, 5.74) is 2.74. The van der Waals surface area contributed by atoms with Gasteiger partial charge in [0.05, 0.1) is 11.6 Å². The maximum Gasteiger partial charge on any atom is 0.253 e. The van der Waals surface area contributed by atoms with Crippen LogP contribution in [-0.4, -0.2) is 46.1 Å². The van der Waals surface area contributed by atoms with Crippen molar-refractivity contribution in [3.05, 3.63) is 52.3 Å². The van der Waals surface area contributed by atoms with Crippen LogP contribution in [0.3, 0.4) is 0 Å². The first-order valence-electron chi connectivity index (χ1n) is 10.2. The number of aromatic nitrogens is 2. The van der Waals surface area contributed by atoms with Gasteiger partial charge in [0.1, 0.15) is 0 Å². The van der Waals surface area contributed by atoms with E-state index in [9.17, 15) is 9.59 Å². The third kappa shape index (κ3) is 5.60. The molecule has 6 nitrogen and oxygen atoms in total. The highest BCUT2D eigenvalue weighted by atomic mass is 35.5. The Kier molecular flexibility index (Phi) is 6.96. The van der Waals surface area contributed by atoms with E-state index in [1.165, 1.54) is 0 Å². The highest BCUT2D eigenvalue weighted by Crippen LogP contribution is 2.20. The summed E-state index contributed by atoms with van der Waals surface area (Å²) >= 11 is 5.90. The number of carbonyl (C=O) groups excluding carboxylic acids is 2. The Morgan fingerprint density at radius 3 is 2.66 bits per heavy atom. The smallest absolute Gasteiger partial charge is 0.253 e. The molecule has 2 heterocycles. The van der Waals surface area contributed by atoms with Crippen LogP contribution in [0.15, 0.2) is 30.3 Å². The van der Waals surface area contributed by atoms with Gasteiger partial charge in [-0.05, 0) is 62.9 Å². The van der Waals surface area contributed by atoms with Gasteiger partial charge in [-0.1, -0.05) is 18.5 Å². The monoisotopic (exact) mass is 416 g/mol. The van der Waals surface area contributed by atoms with Gasteiger partial charge in [-0.3, -0.25) is 14.3 Å². The molecule has 7 heteroatoms. The number of carbonyl (C=O) groups is 2. The maximum atomic E-state index is 12.7. The molecule has 0 bridgehead atoms. The van der Waals surface area contributed by atoms with E-state index in [1.54, 1.807) is 29.2 Å².